The number of hydrogen-bond acceptors (Lipinski definition) is 30. The van der Waals surface area contributed by atoms with E-state index < -0.39 is 16.6 Å². The molecule has 39 nitrogen and oxygen atoms in total. The Labute approximate surface area is 781 Å². The summed E-state index contributed by atoms with van der Waals surface area (Å²) in [6.07, 6.45) is 20.4. The van der Waals surface area contributed by atoms with Gasteiger partial charge in [0.05, 0.1) is 77.9 Å². The molecule has 3 aromatic carbocycles. The van der Waals surface area contributed by atoms with Crippen LogP contribution in [0.15, 0.2) is 180 Å². The molecular weight excluding hydrogens is 1860 g/mol. The second-order valence-corrected chi connectivity index (χ2v) is 35.6. The average Bonchev–Trinajstić information content (AvgIpc) is 1.61. The number of nitrogens with zero attached hydrogens (tertiary/aromatic N) is 27. The number of benzene rings is 3. The third-order valence-corrected chi connectivity index (χ3v) is 25.0. The lowest BCUT2D eigenvalue weighted by molar-refractivity contribution is 0.332. The van der Waals surface area contributed by atoms with Gasteiger partial charge in [-0.15, -0.1) is 15.3 Å². The highest BCUT2D eigenvalue weighted by atomic mass is 127. The topological polar surface area (TPSA) is 484 Å². The van der Waals surface area contributed by atoms with E-state index in [0.717, 1.165) is 139 Å². The number of rotatable bonds is 29. The van der Waals surface area contributed by atoms with Crippen molar-refractivity contribution in [3.8, 4) is 69.3 Å². The van der Waals surface area contributed by atoms with Gasteiger partial charge in [-0.25, -0.2) is 49.8 Å². The number of hydrogen-bond donors (Lipinski definition) is 3. The van der Waals surface area contributed by atoms with Crippen LogP contribution < -0.4 is 44.4 Å². The van der Waals surface area contributed by atoms with Gasteiger partial charge in [0.25, 0.3) is 0 Å². The summed E-state index contributed by atoms with van der Waals surface area (Å²) in [7, 11) is 9.78. The summed E-state index contributed by atoms with van der Waals surface area (Å²) in [6.45, 7) is 18.4. The van der Waals surface area contributed by atoms with Crippen LogP contribution in [0.25, 0.3) is 83.0 Å². The van der Waals surface area contributed by atoms with Crippen molar-refractivity contribution in [3.05, 3.63) is 262 Å². The molecule has 682 valence electrons. The van der Waals surface area contributed by atoms with Gasteiger partial charge in [0, 0.05) is 149 Å². The summed E-state index contributed by atoms with van der Waals surface area (Å²) in [6, 6.07) is 28.8. The molecule has 0 aliphatic heterocycles. The second-order valence-electron chi connectivity index (χ2n) is 33.0. The molecule has 41 heteroatoms. The number of halogens is 2. The molecule has 0 atom stereocenters. The lowest BCUT2D eigenvalue weighted by Crippen LogP contribution is -2.22. The predicted molar refractivity (Wildman–Crippen MR) is 507 cm³/mol. The minimum absolute atomic E-state index is 0. The highest BCUT2D eigenvalue weighted by Crippen LogP contribution is 2.49. The van der Waals surface area contributed by atoms with E-state index in [4.69, 9.17) is 103 Å². The molecule has 3 aliphatic carbocycles. The van der Waals surface area contributed by atoms with Gasteiger partial charge in [-0.3, -0.25) is 9.97 Å². The summed E-state index contributed by atoms with van der Waals surface area (Å²) in [4.78, 5) is 64.4. The van der Waals surface area contributed by atoms with E-state index in [1.54, 1.807) is 99.6 Å². The lowest BCUT2D eigenvalue weighted by atomic mass is 9.72. The molecule has 0 saturated heterocycles. The van der Waals surface area contributed by atoms with Crippen LogP contribution in [0.5, 0.6) is 34.5 Å². The number of alkyl halides is 1. The van der Waals surface area contributed by atoms with Gasteiger partial charge in [0.15, 0.2) is 34.4 Å². The second kappa shape index (κ2) is 40.8. The summed E-state index contributed by atoms with van der Waals surface area (Å²) in [5.74, 6) is 10.9. The molecule has 0 radical (unpaired) electrons. The number of anilines is 3. The monoisotopic (exact) mass is 1960 g/mol. The standard InChI is InChI=1S/2C30H32N10O3.C22H23IN6O3.C8H9BrN4.CH4/c2*1-17-25(28-32-10-11-43-28)35-29(34-15-18-6-8-22(41-4)14-24(18)42-5)40-27(17)36-26(37-40)20-12-19(13-20)23-9-7-21(16-33-23)30(2,3)38-39-31;1-12-18(21-24-6-7-32-21)26-22(25-11-13-4-5-16(30-2)10-17(13)31-3)29-20(12)27-19(28-29)14-8-15(23)9-14;1-8(2,12-13-10)6-3-4-7(9)11-5-6;/h2*6-11,14,16,19-20H,12-13,15H2,1-5H3,(H,34,35);4-7,10,14-15H,8-9,11H2,1-3H3,(H,25,26);3-5H,1-2H3;1H4. The molecule has 12 aromatic heterocycles. The zero-order chi connectivity index (χ0) is 92.4. The van der Waals surface area contributed by atoms with Crippen LogP contribution in [-0.2, 0) is 36.3 Å². The van der Waals surface area contributed by atoms with Crippen molar-refractivity contribution in [2.75, 3.05) is 58.6 Å². The summed E-state index contributed by atoms with van der Waals surface area (Å²) < 4.78 is 56.1. The number of fused-ring (bicyclic) bond motifs is 3. The maximum atomic E-state index is 8.86. The van der Waals surface area contributed by atoms with Crippen LogP contribution in [0.2, 0.25) is 0 Å². The number of aromatic nitrogens is 18. The summed E-state index contributed by atoms with van der Waals surface area (Å²) in [5.41, 5.74) is 38.2. The van der Waals surface area contributed by atoms with Gasteiger partial charge < -0.3 is 57.6 Å². The Hall–Kier alpha value is -14.3. The van der Waals surface area contributed by atoms with Gasteiger partial charge in [-0.05, 0) is 163 Å². The highest BCUT2D eigenvalue weighted by molar-refractivity contribution is 14.1. The molecule has 3 fully saturated rings. The van der Waals surface area contributed by atoms with Crippen molar-refractivity contribution in [1.29, 1.82) is 0 Å². The van der Waals surface area contributed by atoms with Gasteiger partial charge in [0.1, 0.15) is 75.0 Å². The maximum Gasteiger partial charge on any atom is 0.245 e. The number of aryl methyl sites for hydroxylation is 3. The van der Waals surface area contributed by atoms with Gasteiger partial charge in [-0.2, -0.15) is 13.5 Å². The molecule has 12 heterocycles. The van der Waals surface area contributed by atoms with E-state index in [0.29, 0.717) is 128 Å². The van der Waals surface area contributed by atoms with Crippen molar-refractivity contribution < 1.29 is 41.7 Å². The minimum Gasteiger partial charge on any atom is -0.497 e. The van der Waals surface area contributed by atoms with Crippen LogP contribution in [0, 0.1) is 20.8 Å². The van der Waals surface area contributed by atoms with E-state index in [2.05, 4.69) is 114 Å². The van der Waals surface area contributed by atoms with E-state index in [9.17, 15) is 0 Å². The zero-order valence-electron chi connectivity index (χ0n) is 74.7. The fourth-order valence-corrected chi connectivity index (χ4v) is 16.8. The Morgan fingerprint density at radius 3 is 0.985 bits per heavy atom. The first-order valence-corrected chi connectivity index (χ1v) is 44.0. The normalized spacial score (nSPS) is 16.1. The van der Waals surface area contributed by atoms with Gasteiger partial charge in [-0.1, -0.05) is 105 Å². The van der Waals surface area contributed by atoms with Crippen molar-refractivity contribution >= 4 is 73.3 Å². The third-order valence-electron chi connectivity index (χ3n) is 23.5. The van der Waals surface area contributed by atoms with Crippen molar-refractivity contribution in [2.24, 2.45) is 15.3 Å². The van der Waals surface area contributed by atoms with Crippen LogP contribution in [0.3, 0.4) is 0 Å². The number of nitrogens with one attached hydrogen (secondary N) is 3. The first-order chi connectivity index (χ1) is 63.2. The van der Waals surface area contributed by atoms with E-state index in [1.165, 1.54) is 12.5 Å². The molecule has 3 saturated carbocycles. The fraction of sp³-hybridized carbons (Fsp3) is 0.374. The molecule has 0 bridgehead atoms. The summed E-state index contributed by atoms with van der Waals surface area (Å²) in [5, 5.41) is 36.3. The molecule has 18 rings (SSSR count). The highest BCUT2D eigenvalue weighted by Gasteiger charge is 2.39. The largest absolute Gasteiger partial charge is 0.497 e. The Morgan fingerprint density at radius 2 is 0.727 bits per heavy atom. The smallest absolute Gasteiger partial charge is 0.245 e. The number of azide groups is 3. The predicted octanol–water partition coefficient (Wildman–Crippen LogP) is 21.1. The van der Waals surface area contributed by atoms with E-state index in [-0.39, 0.29) is 19.3 Å². The molecule has 0 spiro atoms. The molecule has 0 unspecified atom stereocenters. The van der Waals surface area contributed by atoms with Gasteiger partial charge >= 0.3 is 0 Å². The first-order valence-electron chi connectivity index (χ1n) is 42.0. The maximum absolute atomic E-state index is 8.86. The Kier molecular flexibility index (Phi) is 29.0. The van der Waals surface area contributed by atoms with Crippen molar-refractivity contribution in [2.45, 2.75) is 178 Å². The third kappa shape index (κ3) is 20.5. The van der Waals surface area contributed by atoms with Crippen LogP contribution in [-0.4, -0.2) is 135 Å². The van der Waals surface area contributed by atoms with Crippen LogP contribution >= 0.6 is 38.5 Å². The van der Waals surface area contributed by atoms with Gasteiger partial charge in [0.2, 0.25) is 35.5 Å². The Bertz CT molecular complexity index is 6430. The SMILES string of the molecule is C.CC(C)(N=[N+]=[N-])c1ccc(Br)nc1.COc1ccc(CNc2nc(-c3ncco3)c(C)c3nc(C4CC(I)C4)nn23)c(OC)c1.COc1ccc(CNc2nc(-c3ncco3)c(C)c3nc(C4CC(c5ccc(C(C)(C)N=[N+]=[N-])cn5)C4)nn23)c(OC)c1.COc1ccc(CNc2nc(-c3ncco3)c(C)c3nc(C4CC(c5ccc(C(C)(C)N=[N+]=[N-])cn5)C4)nn23)c(OC)c1. The lowest BCUT2D eigenvalue weighted by Gasteiger charge is -2.33. The number of oxazole rings is 3. The number of methoxy groups -OCH3 is 6. The molecule has 15 aromatic rings. The number of ether oxygens (including phenoxy) is 6. The average molecular weight is 1960 g/mol. The minimum atomic E-state index is -0.650. The first kappa shape index (κ1) is 93.9. The molecular formula is C91H100BrIN30O9. The molecule has 3 aliphatic rings. The Morgan fingerprint density at radius 1 is 0.417 bits per heavy atom. The summed E-state index contributed by atoms with van der Waals surface area (Å²) >= 11 is 5.72. The van der Waals surface area contributed by atoms with Crippen LogP contribution in [0.1, 0.15) is 196 Å². The van der Waals surface area contributed by atoms with E-state index in [1.807, 2.05) is 153 Å². The molecule has 3 N–H and O–H groups in total. The fourth-order valence-electron chi connectivity index (χ4n) is 15.4. The van der Waals surface area contributed by atoms with Crippen molar-refractivity contribution in [3.63, 3.8) is 0 Å². The van der Waals surface area contributed by atoms with E-state index >= 15 is 0 Å². The zero-order valence-corrected chi connectivity index (χ0v) is 78.4. The Balaban J connectivity index is 0.000000150. The quantitative estimate of drug-likeness (QED) is 0.00978. The van der Waals surface area contributed by atoms with Crippen molar-refractivity contribution in [1.82, 2.24) is 88.6 Å². The number of pyridine rings is 3. The molecule has 132 heavy (non-hydrogen) atoms. The molecule has 0 amide bonds. The van der Waals surface area contributed by atoms with Crippen LogP contribution in [0.4, 0.5) is 17.8 Å².